The second-order valence-corrected chi connectivity index (χ2v) is 10.2. The monoisotopic (exact) mass is 360 g/mol. The van der Waals surface area contributed by atoms with Crippen LogP contribution in [0.1, 0.15) is 43.9 Å². The van der Waals surface area contributed by atoms with Gasteiger partial charge in [-0.15, -0.1) is 23.5 Å². The minimum atomic E-state index is 0.286. The van der Waals surface area contributed by atoms with Gasteiger partial charge in [-0.25, -0.2) is 4.98 Å². The molecule has 24 heavy (non-hydrogen) atoms. The lowest BCUT2D eigenvalue weighted by Gasteiger charge is -2.28. The second kappa shape index (κ2) is 8.01. The molecule has 2 atom stereocenters. The molecule has 2 aromatic rings. The van der Waals surface area contributed by atoms with E-state index in [1.807, 2.05) is 12.5 Å². The first-order chi connectivity index (χ1) is 11.6. The molecule has 2 unspecified atom stereocenters. The Bertz CT molecular complexity index is 654. The quantitative estimate of drug-likeness (QED) is 0.675. The normalized spacial score (nSPS) is 23.7. The van der Waals surface area contributed by atoms with E-state index in [0.717, 1.165) is 24.6 Å². The molecule has 1 fully saturated rings. The summed E-state index contributed by atoms with van der Waals surface area (Å²) < 4.78 is 2.54. The molecule has 0 radical (unpaired) electrons. The van der Waals surface area contributed by atoms with Crippen molar-refractivity contribution in [3.05, 3.63) is 53.6 Å². The fourth-order valence-electron chi connectivity index (χ4n) is 3.45. The van der Waals surface area contributed by atoms with E-state index in [1.54, 1.807) is 5.56 Å². The SMILES string of the molecule is CCc1ccc(CCC2(Cn3ccnc3)SCC(C)S2)c(CC)c1. The maximum absolute atomic E-state index is 4.22. The molecule has 1 aliphatic heterocycles. The number of imidazole rings is 1. The molecule has 0 N–H and O–H groups in total. The molecule has 1 aliphatic rings. The maximum atomic E-state index is 4.22. The molecule has 130 valence electrons. The van der Waals surface area contributed by atoms with Gasteiger partial charge in [-0.3, -0.25) is 0 Å². The summed E-state index contributed by atoms with van der Waals surface area (Å²) in [6.45, 7) is 7.93. The topological polar surface area (TPSA) is 17.8 Å². The first-order valence-corrected chi connectivity index (χ1v) is 10.9. The average Bonchev–Trinajstić information content (AvgIpc) is 3.23. The minimum absolute atomic E-state index is 0.286. The van der Waals surface area contributed by atoms with Gasteiger partial charge in [0, 0.05) is 29.9 Å². The van der Waals surface area contributed by atoms with Crippen LogP contribution < -0.4 is 0 Å². The Kier molecular flexibility index (Phi) is 5.98. The van der Waals surface area contributed by atoms with Crippen molar-refractivity contribution in [3.8, 4) is 0 Å². The van der Waals surface area contributed by atoms with Gasteiger partial charge in [0.1, 0.15) is 0 Å². The molecule has 0 saturated carbocycles. The summed E-state index contributed by atoms with van der Waals surface area (Å²) in [6, 6.07) is 7.10. The first-order valence-electron chi connectivity index (χ1n) is 9.02. The molecule has 0 amide bonds. The Morgan fingerprint density at radius 2 is 2.12 bits per heavy atom. The van der Waals surface area contributed by atoms with Crippen molar-refractivity contribution in [2.75, 3.05) is 5.75 Å². The standard InChI is InChI=1S/C20H28N2S2/c1-4-17-6-7-19(18(5-2)12-17)8-9-20(23-13-16(3)24-20)14-22-11-10-21-15-22/h6-7,10-12,15-16H,4-5,8-9,13-14H2,1-3H3. The van der Waals surface area contributed by atoms with Crippen LogP contribution in [-0.2, 0) is 25.8 Å². The number of thioether (sulfide) groups is 2. The van der Waals surface area contributed by atoms with Crippen LogP contribution in [0.3, 0.4) is 0 Å². The third-order valence-corrected chi connectivity index (χ3v) is 8.53. The summed E-state index contributed by atoms with van der Waals surface area (Å²) in [4.78, 5) is 4.22. The lowest BCUT2D eigenvalue weighted by molar-refractivity contribution is 0.591. The van der Waals surface area contributed by atoms with Crippen LogP contribution in [0.25, 0.3) is 0 Å². The summed E-state index contributed by atoms with van der Waals surface area (Å²) in [5, 5.41) is 0.742. The van der Waals surface area contributed by atoms with Gasteiger partial charge in [-0.1, -0.05) is 39.0 Å². The van der Waals surface area contributed by atoms with E-state index in [9.17, 15) is 0 Å². The van der Waals surface area contributed by atoms with E-state index in [2.05, 4.69) is 78.2 Å². The molecule has 0 bridgehead atoms. The largest absolute Gasteiger partial charge is 0.335 e. The Hall–Kier alpha value is -0.870. The summed E-state index contributed by atoms with van der Waals surface area (Å²) in [6.07, 6.45) is 10.6. The third-order valence-electron chi connectivity index (χ3n) is 4.81. The van der Waals surface area contributed by atoms with Crippen LogP contribution in [0.2, 0.25) is 0 Å². The molecule has 1 saturated heterocycles. The van der Waals surface area contributed by atoms with Crippen molar-refractivity contribution in [1.82, 2.24) is 9.55 Å². The van der Waals surface area contributed by atoms with Gasteiger partial charge in [0.05, 0.1) is 10.4 Å². The minimum Gasteiger partial charge on any atom is -0.335 e. The van der Waals surface area contributed by atoms with Gasteiger partial charge < -0.3 is 4.57 Å². The highest BCUT2D eigenvalue weighted by molar-refractivity contribution is 8.21. The van der Waals surface area contributed by atoms with Gasteiger partial charge in [-0.05, 0) is 42.4 Å². The van der Waals surface area contributed by atoms with Crippen LogP contribution in [0.5, 0.6) is 0 Å². The fraction of sp³-hybridized carbons (Fsp3) is 0.550. The molecular weight excluding hydrogens is 332 g/mol. The van der Waals surface area contributed by atoms with Crippen molar-refractivity contribution in [2.45, 2.75) is 62.3 Å². The highest BCUT2D eigenvalue weighted by atomic mass is 32.2. The third kappa shape index (κ3) is 4.20. The number of rotatable bonds is 7. The lowest BCUT2D eigenvalue weighted by Crippen LogP contribution is -2.25. The van der Waals surface area contributed by atoms with Gasteiger partial charge in [0.2, 0.25) is 0 Å². The van der Waals surface area contributed by atoms with Crippen LogP contribution in [0.4, 0.5) is 0 Å². The Balaban J connectivity index is 1.74. The zero-order valence-electron chi connectivity index (χ0n) is 15.0. The molecular formula is C20H28N2S2. The number of nitrogens with zero attached hydrogens (tertiary/aromatic N) is 2. The van der Waals surface area contributed by atoms with E-state index < -0.39 is 0 Å². The van der Waals surface area contributed by atoms with Crippen LogP contribution >= 0.6 is 23.5 Å². The zero-order chi connectivity index (χ0) is 17.0. The van der Waals surface area contributed by atoms with E-state index >= 15 is 0 Å². The number of hydrogen-bond donors (Lipinski definition) is 0. The van der Waals surface area contributed by atoms with E-state index in [1.165, 1.54) is 29.7 Å². The van der Waals surface area contributed by atoms with Gasteiger partial charge in [0.15, 0.2) is 0 Å². The highest BCUT2D eigenvalue weighted by Gasteiger charge is 2.39. The van der Waals surface area contributed by atoms with Gasteiger partial charge in [0.25, 0.3) is 0 Å². The summed E-state index contributed by atoms with van der Waals surface area (Å²) >= 11 is 4.32. The molecule has 2 nitrogen and oxygen atoms in total. The van der Waals surface area contributed by atoms with Crippen LogP contribution in [-0.4, -0.2) is 24.6 Å². The summed E-state index contributed by atoms with van der Waals surface area (Å²) in [5.74, 6) is 1.26. The second-order valence-electron chi connectivity index (χ2n) is 6.70. The molecule has 0 spiro atoms. The molecule has 3 rings (SSSR count). The van der Waals surface area contributed by atoms with E-state index in [4.69, 9.17) is 0 Å². The van der Waals surface area contributed by atoms with Crippen molar-refractivity contribution in [2.24, 2.45) is 0 Å². The Labute approximate surface area is 154 Å². The molecule has 1 aromatic carbocycles. The molecule has 2 heterocycles. The smallest absolute Gasteiger partial charge is 0.0946 e. The maximum Gasteiger partial charge on any atom is 0.0946 e. The predicted octanol–water partition coefficient (Wildman–Crippen LogP) is 5.21. The van der Waals surface area contributed by atoms with Gasteiger partial charge in [-0.2, -0.15) is 0 Å². The molecule has 1 aromatic heterocycles. The molecule has 4 heteroatoms. The summed E-state index contributed by atoms with van der Waals surface area (Å²) in [7, 11) is 0. The Morgan fingerprint density at radius 3 is 2.75 bits per heavy atom. The number of aryl methyl sites for hydroxylation is 3. The summed E-state index contributed by atoms with van der Waals surface area (Å²) in [5.41, 5.74) is 4.54. The lowest BCUT2D eigenvalue weighted by atomic mass is 9.96. The first kappa shape index (κ1) is 17.9. The number of hydrogen-bond acceptors (Lipinski definition) is 3. The van der Waals surface area contributed by atoms with Crippen LogP contribution in [0, 0.1) is 0 Å². The van der Waals surface area contributed by atoms with Crippen molar-refractivity contribution in [1.29, 1.82) is 0 Å². The van der Waals surface area contributed by atoms with Crippen molar-refractivity contribution >= 4 is 23.5 Å². The Morgan fingerprint density at radius 1 is 1.25 bits per heavy atom. The van der Waals surface area contributed by atoms with Gasteiger partial charge >= 0.3 is 0 Å². The average molecular weight is 361 g/mol. The fourth-order valence-corrected chi connectivity index (χ4v) is 7.10. The van der Waals surface area contributed by atoms with Crippen molar-refractivity contribution in [3.63, 3.8) is 0 Å². The van der Waals surface area contributed by atoms with E-state index in [0.29, 0.717) is 0 Å². The predicted molar refractivity (Wildman–Crippen MR) is 108 cm³/mol. The van der Waals surface area contributed by atoms with E-state index in [-0.39, 0.29) is 4.08 Å². The molecule has 0 aliphatic carbocycles. The number of aromatic nitrogens is 2. The highest BCUT2D eigenvalue weighted by Crippen LogP contribution is 2.51. The van der Waals surface area contributed by atoms with Crippen molar-refractivity contribution < 1.29 is 0 Å². The number of benzene rings is 1. The van der Waals surface area contributed by atoms with Crippen LogP contribution in [0.15, 0.2) is 36.9 Å². The zero-order valence-corrected chi connectivity index (χ0v) is 16.6.